The third-order valence-electron chi connectivity index (χ3n) is 9.26. The molecule has 226 valence electrons. The molecule has 2 heteroatoms. The Morgan fingerprint density at radius 3 is 1.60 bits per heavy atom. The lowest BCUT2D eigenvalue weighted by Crippen LogP contribution is -2.10. The van der Waals surface area contributed by atoms with Crippen LogP contribution in [-0.2, 0) is 0 Å². The van der Waals surface area contributed by atoms with Gasteiger partial charge < -0.3 is 4.90 Å². The number of para-hydroxylation sites is 1. The van der Waals surface area contributed by atoms with Gasteiger partial charge in [-0.25, -0.2) is 0 Å². The zero-order chi connectivity index (χ0) is 31.9. The summed E-state index contributed by atoms with van der Waals surface area (Å²) in [6.07, 6.45) is 0. The van der Waals surface area contributed by atoms with E-state index in [-0.39, 0.29) is 0 Å². The van der Waals surface area contributed by atoms with Gasteiger partial charge in [-0.1, -0.05) is 152 Å². The number of benzene rings is 8. The first-order valence-electron chi connectivity index (χ1n) is 16.4. The topological polar surface area (TPSA) is 3.24 Å². The monoisotopic (exact) mass is 629 g/mol. The van der Waals surface area contributed by atoms with Crippen molar-refractivity contribution in [1.82, 2.24) is 0 Å². The quantitative estimate of drug-likeness (QED) is 0.177. The van der Waals surface area contributed by atoms with Crippen LogP contribution in [0.2, 0.25) is 0 Å². The van der Waals surface area contributed by atoms with E-state index in [2.05, 4.69) is 193 Å². The van der Waals surface area contributed by atoms with Crippen LogP contribution in [0.15, 0.2) is 188 Å². The molecule has 9 aromatic rings. The normalized spacial score (nSPS) is 11.3. The van der Waals surface area contributed by atoms with Crippen molar-refractivity contribution in [2.24, 2.45) is 0 Å². The molecule has 0 saturated heterocycles. The van der Waals surface area contributed by atoms with Gasteiger partial charge in [0.25, 0.3) is 0 Å². The van der Waals surface area contributed by atoms with Gasteiger partial charge in [-0.2, -0.15) is 0 Å². The Kier molecular flexibility index (Phi) is 7.07. The lowest BCUT2D eigenvalue weighted by atomic mass is 9.97. The van der Waals surface area contributed by atoms with Crippen LogP contribution < -0.4 is 4.90 Å². The van der Waals surface area contributed by atoms with Crippen molar-refractivity contribution in [2.75, 3.05) is 4.90 Å². The lowest BCUT2D eigenvalue weighted by Gasteiger charge is -2.27. The van der Waals surface area contributed by atoms with Gasteiger partial charge in [-0.3, -0.25) is 0 Å². The first kappa shape index (κ1) is 28.3. The van der Waals surface area contributed by atoms with Crippen LogP contribution in [0.1, 0.15) is 0 Å². The highest BCUT2D eigenvalue weighted by Crippen LogP contribution is 2.44. The smallest absolute Gasteiger partial charge is 0.0540 e. The van der Waals surface area contributed by atoms with Crippen LogP contribution >= 0.6 is 11.3 Å². The predicted octanol–water partition coefficient (Wildman–Crippen LogP) is 13.7. The number of fused-ring (bicyclic) bond motifs is 4. The zero-order valence-corrected chi connectivity index (χ0v) is 27.1. The van der Waals surface area contributed by atoms with E-state index in [0.717, 1.165) is 11.4 Å². The second-order valence-corrected chi connectivity index (χ2v) is 13.2. The molecule has 0 bridgehead atoms. The average molecular weight is 630 g/mol. The minimum absolute atomic E-state index is 1.13. The molecule has 0 aliphatic carbocycles. The van der Waals surface area contributed by atoms with Crippen molar-refractivity contribution >= 4 is 59.3 Å². The number of thiophene rings is 1. The first-order valence-corrected chi connectivity index (χ1v) is 17.2. The molecule has 0 saturated carbocycles. The van der Waals surface area contributed by atoms with Crippen LogP contribution in [0.3, 0.4) is 0 Å². The van der Waals surface area contributed by atoms with E-state index < -0.39 is 0 Å². The Balaban J connectivity index is 1.11. The maximum atomic E-state index is 2.36. The molecule has 0 unspecified atom stereocenters. The van der Waals surface area contributed by atoms with Crippen LogP contribution in [0.4, 0.5) is 17.1 Å². The van der Waals surface area contributed by atoms with E-state index in [4.69, 9.17) is 0 Å². The summed E-state index contributed by atoms with van der Waals surface area (Å²) in [4.78, 5) is 2.36. The SMILES string of the molecule is c1ccc(-c2cccc3c2sc2c(-c4cccc(-c5ccc(N(c6ccccc6)c6cccc7ccccc67)cc5)c4)cccc23)cc1. The fourth-order valence-corrected chi connectivity index (χ4v) is 8.34. The second-order valence-electron chi connectivity index (χ2n) is 12.1. The average Bonchev–Trinajstić information content (AvgIpc) is 3.55. The molecule has 0 aliphatic heterocycles. The van der Waals surface area contributed by atoms with Crippen LogP contribution in [-0.4, -0.2) is 0 Å². The number of nitrogens with zero attached hydrogens (tertiary/aromatic N) is 1. The van der Waals surface area contributed by atoms with Gasteiger partial charge in [-0.15, -0.1) is 11.3 Å². The Hall–Kier alpha value is -5.96. The van der Waals surface area contributed by atoms with Crippen molar-refractivity contribution in [3.8, 4) is 33.4 Å². The van der Waals surface area contributed by atoms with Crippen LogP contribution in [0.5, 0.6) is 0 Å². The summed E-state index contributed by atoms with van der Waals surface area (Å²) < 4.78 is 2.67. The summed E-state index contributed by atoms with van der Waals surface area (Å²) in [5.74, 6) is 0. The Morgan fingerprint density at radius 1 is 0.333 bits per heavy atom. The molecule has 8 aromatic carbocycles. The van der Waals surface area contributed by atoms with Crippen molar-refractivity contribution in [1.29, 1.82) is 0 Å². The molecular formula is C46H31NS. The van der Waals surface area contributed by atoms with Crippen molar-refractivity contribution in [3.05, 3.63) is 188 Å². The molecule has 1 nitrogen and oxygen atoms in total. The Bertz CT molecular complexity index is 2540. The highest BCUT2D eigenvalue weighted by Gasteiger charge is 2.16. The first-order chi connectivity index (χ1) is 23.8. The van der Waals surface area contributed by atoms with Gasteiger partial charge in [0.05, 0.1) is 5.69 Å². The third kappa shape index (κ3) is 4.95. The molecule has 0 N–H and O–H groups in total. The molecule has 9 rings (SSSR count). The summed E-state index contributed by atoms with van der Waals surface area (Å²) in [6, 6.07) is 67.9. The zero-order valence-electron chi connectivity index (χ0n) is 26.3. The van der Waals surface area contributed by atoms with Crippen molar-refractivity contribution in [2.45, 2.75) is 0 Å². The number of hydrogen-bond acceptors (Lipinski definition) is 2. The molecule has 1 aromatic heterocycles. The second kappa shape index (κ2) is 12.0. The highest BCUT2D eigenvalue weighted by molar-refractivity contribution is 7.26. The fourth-order valence-electron chi connectivity index (χ4n) is 6.97. The largest absolute Gasteiger partial charge is 0.310 e. The standard InChI is InChI=1S/C46H31NS/c1-3-13-34(14-4-1)40-22-11-24-42-43-25-12-23-41(46(43)48-45(40)42)36-18-9-17-35(31-36)32-27-29-38(30-28-32)47(37-19-5-2-6-20-37)44-26-10-16-33-15-7-8-21-39(33)44/h1-31H. The number of hydrogen-bond donors (Lipinski definition) is 0. The van der Waals surface area contributed by atoms with Gasteiger partial charge in [-0.05, 0) is 75.2 Å². The van der Waals surface area contributed by atoms with Gasteiger partial charge in [0.2, 0.25) is 0 Å². The molecule has 0 amide bonds. The number of rotatable bonds is 6. The van der Waals surface area contributed by atoms with Gasteiger partial charge in [0.15, 0.2) is 0 Å². The van der Waals surface area contributed by atoms with Crippen LogP contribution in [0.25, 0.3) is 64.3 Å². The molecule has 0 fully saturated rings. The van der Waals surface area contributed by atoms with Gasteiger partial charge in [0.1, 0.15) is 0 Å². The maximum absolute atomic E-state index is 2.36. The van der Waals surface area contributed by atoms with E-state index in [1.165, 1.54) is 70.0 Å². The minimum atomic E-state index is 1.13. The predicted molar refractivity (Wildman–Crippen MR) is 208 cm³/mol. The van der Waals surface area contributed by atoms with E-state index in [1.807, 2.05) is 11.3 Å². The van der Waals surface area contributed by atoms with E-state index in [1.54, 1.807) is 0 Å². The van der Waals surface area contributed by atoms with Crippen LogP contribution in [0, 0.1) is 0 Å². The maximum Gasteiger partial charge on any atom is 0.0540 e. The molecule has 0 radical (unpaired) electrons. The lowest BCUT2D eigenvalue weighted by molar-refractivity contribution is 1.30. The summed E-state index contributed by atoms with van der Waals surface area (Å²) in [6.45, 7) is 0. The summed E-state index contributed by atoms with van der Waals surface area (Å²) in [5, 5.41) is 5.09. The summed E-state index contributed by atoms with van der Waals surface area (Å²) in [5.41, 5.74) is 10.9. The number of anilines is 3. The van der Waals surface area contributed by atoms with Crippen molar-refractivity contribution < 1.29 is 0 Å². The summed E-state index contributed by atoms with van der Waals surface area (Å²) >= 11 is 1.90. The molecular weight excluding hydrogens is 599 g/mol. The molecule has 0 aliphatic rings. The van der Waals surface area contributed by atoms with E-state index in [9.17, 15) is 0 Å². The Morgan fingerprint density at radius 2 is 0.854 bits per heavy atom. The molecule has 0 spiro atoms. The molecule has 48 heavy (non-hydrogen) atoms. The van der Waals surface area contributed by atoms with Crippen molar-refractivity contribution in [3.63, 3.8) is 0 Å². The Labute approximate surface area is 284 Å². The highest BCUT2D eigenvalue weighted by atomic mass is 32.1. The fraction of sp³-hybridized carbons (Fsp3) is 0. The van der Waals surface area contributed by atoms with E-state index >= 15 is 0 Å². The minimum Gasteiger partial charge on any atom is -0.310 e. The van der Waals surface area contributed by atoms with Gasteiger partial charge >= 0.3 is 0 Å². The van der Waals surface area contributed by atoms with E-state index in [0.29, 0.717) is 0 Å². The molecule has 1 heterocycles. The van der Waals surface area contributed by atoms with Gasteiger partial charge in [0, 0.05) is 36.9 Å². The molecule has 0 atom stereocenters. The third-order valence-corrected chi connectivity index (χ3v) is 10.6. The summed E-state index contributed by atoms with van der Waals surface area (Å²) in [7, 11) is 0.